The topological polar surface area (TPSA) is 28.4 Å². The average molecular weight is 194 g/mol. The van der Waals surface area contributed by atoms with Crippen molar-refractivity contribution >= 4 is 0 Å². The van der Waals surface area contributed by atoms with Gasteiger partial charge in [0.2, 0.25) is 0 Å². The molecule has 14 heavy (non-hydrogen) atoms. The second-order valence-electron chi connectivity index (χ2n) is 4.05. The van der Waals surface area contributed by atoms with Crippen LogP contribution in [-0.2, 0) is 13.1 Å². The Hall–Kier alpha value is -0.800. The fourth-order valence-electron chi connectivity index (χ4n) is 1.72. The van der Waals surface area contributed by atoms with Crippen LogP contribution in [0, 0.1) is 0 Å². The van der Waals surface area contributed by atoms with Crippen LogP contribution in [0.4, 0.5) is 0 Å². The monoisotopic (exact) mass is 194 g/mol. The summed E-state index contributed by atoms with van der Waals surface area (Å²) in [5.41, 5.74) is 1.28. The van der Waals surface area contributed by atoms with E-state index >= 15 is 0 Å². The molecule has 0 saturated heterocycles. The van der Waals surface area contributed by atoms with Gasteiger partial charge >= 0.3 is 0 Å². The third-order valence-electron chi connectivity index (χ3n) is 2.77. The predicted molar refractivity (Wildman–Crippen MR) is 56.0 cm³/mol. The summed E-state index contributed by atoms with van der Waals surface area (Å²) in [6.07, 6.45) is 4.47. The van der Waals surface area contributed by atoms with E-state index in [0.29, 0.717) is 0 Å². The minimum atomic E-state index is 0.794. The Morgan fingerprint density at radius 1 is 1.57 bits per heavy atom. The molecule has 1 aromatic rings. The van der Waals surface area contributed by atoms with Crippen molar-refractivity contribution in [3.63, 3.8) is 0 Å². The van der Waals surface area contributed by atoms with Gasteiger partial charge in [-0.3, -0.25) is 4.90 Å². The molecule has 0 unspecified atom stereocenters. The first kappa shape index (κ1) is 9.74. The van der Waals surface area contributed by atoms with Gasteiger partial charge in [-0.15, -0.1) is 0 Å². The minimum absolute atomic E-state index is 0.794. The van der Waals surface area contributed by atoms with Crippen molar-refractivity contribution < 1.29 is 4.42 Å². The zero-order chi connectivity index (χ0) is 9.97. The Kier molecular flexibility index (Phi) is 2.89. The molecule has 1 N–H and O–H groups in total. The number of hydrogen-bond acceptors (Lipinski definition) is 3. The SMILES string of the molecule is CNCc1ccoc1CN(C)C1CC1. The third kappa shape index (κ3) is 2.16. The molecule has 78 valence electrons. The van der Waals surface area contributed by atoms with Crippen LogP contribution >= 0.6 is 0 Å². The second-order valence-corrected chi connectivity index (χ2v) is 4.05. The molecular formula is C11H18N2O. The summed E-state index contributed by atoms with van der Waals surface area (Å²) >= 11 is 0. The lowest BCUT2D eigenvalue weighted by Crippen LogP contribution is -2.20. The zero-order valence-corrected chi connectivity index (χ0v) is 8.92. The lowest BCUT2D eigenvalue weighted by Gasteiger charge is -2.14. The molecule has 0 atom stereocenters. The summed E-state index contributed by atoms with van der Waals surface area (Å²) < 4.78 is 5.48. The summed E-state index contributed by atoms with van der Waals surface area (Å²) in [6.45, 7) is 1.83. The van der Waals surface area contributed by atoms with Crippen molar-refractivity contribution in [2.24, 2.45) is 0 Å². The highest BCUT2D eigenvalue weighted by atomic mass is 16.3. The summed E-state index contributed by atoms with van der Waals surface area (Å²) in [7, 11) is 4.13. The van der Waals surface area contributed by atoms with Gasteiger partial charge in [0.25, 0.3) is 0 Å². The molecule has 1 heterocycles. The van der Waals surface area contributed by atoms with E-state index in [9.17, 15) is 0 Å². The fraction of sp³-hybridized carbons (Fsp3) is 0.636. The Morgan fingerprint density at radius 3 is 3.00 bits per heavy atom. The van der Waals surface area contributed by atoms with Crippen molar-refractivity contribution in [1.82, 2.24) is 10.2 Å². The molecule has 0 aromatic carbocycles. The molecule has 3 heteroatoms. The molecule has 0 spiro atoms. The predicted octanol–water partition coefficient (Wildman–Crippen LogP) is 1.59. The molecule has 0 bridgehead atoms. The summed E-state index contributed by atoms with van der Waals surface area (Å²) in [5.74, 6) is 1.11. The van der Waals surface area contributed by atoms with Crippen LogP contribution in [0.3, 0.4) is 0 Å². The maximum absolute atomic E-state index is 5.48. The van der Waals surface area contributed by atoms with E-state index < -0.39 is 0 Å². The van der Waals surface area contributed by atoms with Gasteiger partial charge in [-0.1, -0.05) is 0 Å². The first-order valence-electron chi connectivity index (χ1n) is 5.21. The average Bonchev–Trinajstić information content (AvgIpc) is 2.93. The largest absolute Gasteiger partial charge is 0.468 e. The van der Waals surface area contributed by atoms with E-state index in [2.05, 4.69) is 17.3 Å². The first-order valence-corrected chi connectivity index (χ1v) is 5.21. The maximum Gasteiger partial charge on any atom is 0.122 e. The van der Waals surface area contributed by atoms with Crippen molar-refractivity contribution in [3.05, 3.63) is 23.7 Å². The number of rotatable bonds is 5. The summed E-state index contributed by atoms with van der Waals surface area (Å²) in [4.78, 5) is 2.37. The Morgan fingerprint density at radius 2 is 2.36 bits per heavy atom. The molecule has 0 radical (unpaired) electrons. The van der Waals surface area contributed by atoms with Crippen molar-refractivity contribution in [2.75, 3.05) is 14.1 Å². The summed E-state index contributed by atoms with van der Waals surface area (Å²) in [5, 5.41) is 3.15. The van der Waals surface area contributed by atoms with E-state index in [4.69, 9.17) is 4.42 Å². The molecule has 3 nitrogen and oxygen atoms in total. The van der Waals surface area contributed by atoms with Crippen molar-refractivity contribution in [1.29, 1.82) is 0 Å². The number of nitrogens with zero attached hydrogens (tertiary/aromatic N) is 1. The molecule has 0 aliphatic heterocycles. The Bertz CT molecular complexity index is 291. The number of hydrogen-bond donors (Lipinski definition) is 1. The van der Waals surface area contributed by atoms with E-state index in [1.807, 2.05) is 13.1 Å². The molecule has 1 fully saturated rings. The van der Waals surface area contributed by atoms with E-state index in [0.717, 1.165) is 24.9 Å². The van der Waals surface area contributed by atoms with E-state index in [1.165, 1.54) is 18.4 Å². The molecule has 1 aliphatic rings. The van der Waals surface area contributed by atoms with Gasteiger partial charge in [-0.25, -0.2) is 0 Å². The zero-order valence-electron chi connectivity index (χ0n) is 8.92. The highest BCUT2D eigenvalue weighted by molar-refractivity contribution is 5.16. The van der Waals surface area contributed by atoms with Crippen molar-refractivity contribution in [2.45, 2.75) is 32.0 Å². The second kappa shape index (κ2) is 4.15. The first-order chi connectivity index (χ1) is 6.81. The molecule has 1 saturated carbocycles. The molecule has 2 rings (SSSR count). The van der Waals surface area contributed by atoms with Crippen LogP contribution in [0.5, 0.6) is 0 Å². The quantitative estimate of drug-likeness (QED) is 0.771. The lowest BCUT2D eigenvalue weighted by molar-refractivity contribution is 0.284. The Balaban J connectivity index is 1.96. The molecular weight excluding hydrogens is 176 g/mol. The van der Waals surface area contributed by atoms with Crippen molar-refractivity contribution in [3.8, 4) is 0 Å². The fourth-order valence-corrected chi connectivity index (χ4v) is 1.72. The van der Waals surface area contributed by atoms with Crippen LogP contribution in [-0.4, -0.2) is 25.0 Å². The van der Waals surface area contributed by atoms with E-state index in [-0.39, 0.29) is 0 Å². The van der Waals surface area contributed by atoms with Gasteiger partial charge in [0.05, 0.1) is 12.8 Å². The highest BCUT2D eigenvalue weighted by Gasteiger charge is 2.26. The van der Waals surface area contributed by atoms with Gasteiger partial charge in [0, 0.05) is 18.2 Å². The van der Waals surface area contributed by atoms with Gasteiger partial charge in [0.1, 0.15) is 5.76 Å². The van der Waals surface area contributed by atoms with Gasteiger partial charge in [-0.2, -0.15) is 0 Å². The van der Waals surface area contributed by atoms with Crippen LogP contribution in [0.25, 0.3) is 0 Å². The smallest absolute Gasteiger partial charge is 0.122 e. The van der Waals surface area contributed by atoms with Gasteiger partial charge in [0.15, 0.2) is 0 Å². The lowest BCUT2D eigenvalue weighted by atomic mass is 10.2. The van der Waals surface area contributed by atoms with Gasteiger partial charge in [-0.05, 0) is 33.0 Å². The van der Waals surface area contributed by atoms with Crippen LogP contribution in [0.1, 0.15) is 24.2 Å². The number of furan rings is 1. The minimum Gasteiger partial charge on any atom is -0.468 e. The molecule has 1 aromatic heterocycles. The standard InChI is InChI=1S/C11H18N2O/c1-12-7-9-5-6-14-11(9)8-13(2)10-3-4-10/h5-6,10,12H,3-4,7-8H2,1-2H3. The maximum atomic E-state index is 5.48. The van der Waals surface area contributed by atoms with Gasteiger partial charge < -0.3 is 9.73 Å². The van der Waals surface area contributed by atoms with Crippen LogP contribution in [0.2, 0.25) is 0 Å². The third-order valence-corrected chi connectivity index (χ3v) is 2.77. The van der Waals surface area contributed by atoms with E-state index in [1.54, 1.807) is 6.26 Å². The normalized spacial score (nSPS) is 16.5. The number of nitrogens with one attached hydrogen (secondary N) is 1. The molecule has 0 amide bonds. The summed E-state index contributed by atoms with van der Waals surface area (Å²) in [6, 6.07) is 2.84. The highest BCUT2D eigenvalue weighted by Crippen LogP contribution is 2.27. The molecule has 1 aliphatic carbocycles. The van der Waals surface area contributed by atoms with Crippen LogP contribution in [0.15, 0.2) is 16.7 Å². The Labute approximate surface area is 85.1 Å². The van der Waals surface area contributed by atoms with Crippen LogP contribution < -0.4 is 5.32 Å².